The van der Waals surface area contributed by atoms with Crippen molar-refractivity contribution in [2.45, 2.75) is 0 Å². The molecule has 76 valence electrons. The van der Waals surface area contributed by atoms with E-state index in [1.807, 2.05) is 0 Å². The SMILES string of the molecule is COc1ccc(N(C)CC(=O)[O-])cc1. The van der Waals surface area contributed by atoms with E-state index in [1.54, 1.807) is 43.3 Å². The molecule has 0 radical (unpaired) electrons. The van der Waals surface area contributed by atoms with Crippen LogP contribution in [-0.2, 0) is 4.79 Å². The normalized spacial score (nSPS) is 9.57. The summed E-state index contributed by atoms with van der Waals surface area (Å²) in [5, 5.41) is 10.3. The number of carbonyl (C=O) groups is 1. The summed E-state index contributed by atoms with van der Waals surface area (Å²) in [5.74, 6) is -0.348. The predicted octanol–water partition coefficient (Wildman–Crippen LogP) is -0.119. The number of nitrogens with zero attached hydrogens (tertiary/aromatic N) is 1. The quantitative estimate of drug-likeness (QED) is 0.670. The maximum Gasteiger partial charge on any atom is 0.119 e. The summed E-state index contributed by atoms with van der Waals surface area (Å²) >= 11 is 0. The van der Waals surface area contributed by atoms with Gasteiger partial charge in [0.05, 0.1) is 19.6 Å². The number of hydrogen-bond acceptors (Lipinski definition) is 4. The minimum absolute atomic E-state index is 0.119. The van der Waals surface area contributed by atoms with Crippen LogP contribution in [0.4, 0.5) is 5.69 Å². The van der Waals surface area contributed by atoms with Crippen LogP contribution in [0.15, 0.2) is 24.3 Å². The summed E-state index contributed by atoms with van der Waals surface area (Å²) < 4.78 is 4.98. The van der Waals surface area contributed by atoms with Crippen LogP contribution in [0.2, 0.25) is 0 Å². The number of ether oxygens (including phenoxy) is 1. The lowest BCUT2D eigenvalue weighted by Gasteiger charge is -2.19. The number of rotatable bonds is 4. The second kappa shape index (κ2) is 4.50. The number of likely N-dealkylation sites (N-methyl/N-ethyl adjacent to an activating group) is 1. The molecule has 0 bridgehead atoms. The van der Waals surface area contributed by atoms with E-state index < -0.39 is 5.97 Å². The predicted molar refractivity (Wildman–Crippen MR) is 51.3 cm³/mol. The van der Waals surface area contributed by atoms with Crippen LogP contribution < -0.4 is 14.7 Å². The van der Waals surface area contributed by atoms with Crippen LogP contribution in [0, 0.1) is 0 Å². The van der Waals surface area contributed by atoms with Gasteiger partial charge in [-0.1, -0.05) is 0 Å². The Kier molecular flexibility index (Phi) is 3.34. The van der Waals surface area contributed by atoms with E-state index >= 15 is 0 Å². The second-order valence-corrected chi connectivity index (χ2v) is 2.93. The zero-order valence-electron chi connectivity index (χ0n) is 8.19. The molecule has 0 fully saturated rings. The molecule has 0 unspecified atom stereocenters. The van der Waals surface area contributed by atoms with Gasteiger partial charge in [-0.15, -0.1) is 0 Å². The van der Waals surface area contributed by atoms with Gasteiger partial charge in [0, 0.05) is 12.7 Å². The lowest BCUT2D eigenvalue weighted by atomic mass is 10.3. The van der Waals surface area contributed by atoms with Crippen molar-refractivity contribution in [3.05, 3.63) is 24.3 Å². The van der Waals surface area contributed by atoms with Crippen LogP contribution in [-0.4, -0.2) is 26.7 Å². The summed E-state index contributed by atoms with van der Waals surface area (Å²) in [6, 6.07) is 7.14. The second-order valence-electron chi connectivity index (χ2n) is 2.93. The fourth-order valence-electron chi connectivity index (χ4n) is 1.12. The number of carbonyl (C=O) groups excluding carboxylic acids is 1. The number of carboxylic acid groups (broad SMARTS) is 1. The van der Waals surface area contributed by atoms with Gasteiger partial charge < -0.3 is 19.5 Å². The molecule has 0 aliphatic heterocycles. The van der Waals surface area contributed by atoms with Crippen molar-refractivity contribution in [2.24, 2.45) is 0 Å². The molecule has 0 N–H and O–H groups in total. The molecule has 4 heteroatoms. The summed E-state index contributed by atoms with van der Waals surface area (Å²) in [5.41, 5.74) is 0.815. The van der Waals surface area contributed by atoms with Gasteiger partial charge in [0.15, 0.2) is 0 Å². The van der Waals surface area contributed by atoms with Crippen LogP contribution in [0.5, 0.6) is 5.75 Å². The van der Waals surface area contributed by atoms with Gasteiger partial charge in [0.1, 0.15) is 5.75 Å². The summed E-state index contributed by atoms with van der Waals surface area (Å²) in [7, 11) is 3.28. The highest BCUT2D eigenvalue weighted by atomic mass is 16.5. The van der Waals surface area contributed by atoms with Crippen molar-refractivity contribution in [3.63, 3.8) is 0 Å². The Morgan fingerprint density at radius 1 is 1.43 bits per heavy atom. The van der Waals surface area contributed by atoms with Crippen molar-refractivity contribution < 1.29 is 14.6 Å². The first kappa shape index (κ1) is 10.4. The van der Waals surface area contributed by atoms with E-state index in [9.17, 15) is 9.90 Å². The molecule has 0 saturated heterocycles. The maximum atomic E-state index is 10.3. The number of hydrogen-bond donors (Lipinski definition) is 0. The van der Waals surface area contributed by atoms with Crippen LogP contribution in [0.25, 0.3) is 0 Å². The molecule has 0 amide bonds. The highest BCUT2D eigenvalue weighted by Gasteiger charge is 2.00. The monoisotopic (exact) mass is 194 g/mol. The van der Waals surface area contributed by atoms with Gasteiger partial charge in [-0.3, -0.25) is 0 Å². The Morgan fingerprint density at radius 2 is 2.00 bits per heavy atom. The molecule has 14 heavy (non-hydrogen) atoms. The zero-order chi connectivity index (χ0) is 10.6. The van der Waals surface area contributed by atoms with E-state index in [4.69, 9.17) is 4.74 Å². The lowest BCUT2D eigenvalue weighted by Crippen LogP contribution is -2.35. The molecule has 1 rings (SSSR count). The molecule has 0 spiro atoms. The Hall–Kier alpha value is -1.71. The average Bonchev–Trinajstić information content (AvgIpc) is 2.17. The number of benzene rings is 1. The van der Waals surface area contributed by atoms with Crippen molar-refractivity contribution in [1.29, 1.82) is 0 Å². The highest BCUT2D eigenvalue weighted by molar-refractivity contribution is 5.71. The van der Waals surface area contributed by atoms with Crippen molar-refractivity contribution >= 4 is 11.7 Å². The molecule has 1 aromatic carbocycles. The Balaban J connectivity index is 2.71. The molecular formula is C10H12NO3-. The average molecular weight is 194 g/mol. The topological polar surface area (TPSA) is 52.6 Å². The Bertz CT molecular complexity index is 308. The van der Waals surface area contributed by atoms with E-state index in [0.717, 1.165) is 11.4 Å². The van der Waals surface area contributed by atoms with Crippen LogP contribution in [0.3, 0.4) is 0 Å². The number of carboxylic acids is 1. The smallest absolute Gasteiger partial charge is 0.119 e. The summed E-state index contributed by atoms with van der Waals surface area (Å²) in [6.07, 6.45) is 0. The van der Waals surface area contributed by atoms with Crippen molar-refractivity contribution in [3.8, 4) is 5.75 Å². The number of anilines is 1. The van der Waals surface area contributed by atoms with Crippen LogP contribution >= 0.6 is 0 Å². The van der Waals surface area contributed by atoms with Gasteiger partial charge in [-0.2, -0.15) is 0 Å². The zero-order valence-corrected chi connectivity index (χ0v) is 8.19. The van der Waals surface area contributed by atoms with Gasteiger partial charge in [0.25, 0.3) is 0 Å². The first-order chi connectivity index (χ1) is 6.63. The summed E-state index contributed by atoms with van der Waals surface area (Å²) in [4.78, 5) is 11.9. The van der Waals surface area contributed by atoms with Crippen LogP contribution in [0.1, 0.15) is 0 Å². The fraction of sp³-hybridized carbons (Fsp3) is 0.300. The largest absolute Gasteiger partial charge is 0.548 e. The third-order valence-electron chi connectivity index (χ3n) is 1.88. The van der Waals surface area contributed by atoms with Gasteiger partial charge >= 0.3 is 0 Å². The molecule has 1 aromatic rings. The van der Waals surface area contributed by atoms with Gasteiger partial charge in [0.2, 0.25) is 0 Å². The molecule has 0 atom stereocenters. The molecule has 0 heterocycles. The summed E-state index contributed by atoms with van der Waals surface area (Å²) in [6.45, 7) is -0.119. The van der Waals surface area contributed by atoms with Crippen molar-refractivity contribution in [2.75, 3.05) is 25.6 Å². The first-order valence-corrected chi connectivity index (χ1v) is 4.18. The minimum Gasteiger partial charge on any atom is -0.548 e. The minimum atomic E-state index is -1.09. The fourth-order valence-corrected chi connectivity index (χ4v) is 1.12. The van der Waals surface area contributed by atoms with Gasteiger partial charge in [-0.25, -0.2) is 0 Å². The first-order valence-electron chi connectivity index (χ1n) is 4.18. The Labute approximate surface area is 82.7 Å². The van der Waals surface area contributed by atoms with E-state index in [0.29, 0.717) is 0 Å². The molecule has 0 aliphatic rings. The number of methoxy groups -OCH3 is 1. The van der Waals surface area contributed by atoms with E-state index in [2.05, 4.69) is 0 Å². The molecule has 0 saturated carbocycles. The van der Waals surface area contributed by atoms with Crippen molar-refractivity contribution in [1.82, 2.24) is 0 Å². The molecule has 0 aliphatic carbocycles. The van der Waals surface area contributed by atoms with E-state index in [-0.39, 0.29) is 6.54 Å². The van der Waals surface area contributed by atoms with E-state index in [1.165, 1.54) is 0 Å². The molecular weight excluding hydrogens is 182 g/mol. The third kappa shape index (κ3) is 2.65. The molecule has 0 aromatic heterocycles. The molecule has 4 nitrogen and oxygen atoms in total. The Morgan fingerprint density at radius 3 is 2.43 bits per heavy atom. The third-order valence-corrected chi connectivity index (χ3v) is 1.88. The van der Waals surface area contributed by atoms with Gasteiger partial charge in [-0.05, 0) is 24.3 Å². The standard InChI is InChI=1S/C10H13NO3/c1-11(7-10(12)13)8-3-5-9(14-2)6-4-8/h3-6H,7H2,1-2H3,(H,12,13)/p-1. The maximum absolute atomic E-state index is 10.3. The highest BCUT2D eigenvalue weighted by Crippen LogP contribution is 2.17. The number of aliphatic carboxylic acids is 1. The lowest BCUT2D eigenvalue weighted by molar-refractivity contribution is -0.303.